The lowest BCUT2D eigenvalue weighted by molar-refractivity contribution is 0.0697. The Morgan fingerprint density at radius 1 is 1.05 bits per heavy atom. The Morgan fingerprint density at radius 3 is 2.29 bits per heavy atom. The van der Waals surface area contributed by atoms with Crippen molar-refractivity contribution < 1.29 is 9.90 Å². The smallest absolute Gasteiger partial charge is 0.335 e. The van der Waals surface area contributed by atoms with Crippen molar-refractivity contribution in [2.75, 3.05) is 7.05 Å². The molecule has 0 aliphatic carbocycles. The van der Waals surface area contributed by atoms with Crippen molar-refractivity contribution in [3.63, 3.8) is 0 Å². The third kappa shape index (κ3) is 4.17. The average molecular weight is 283 g/mol. The van der Waals surface area contributed by atoms with Gasteiger partial charge in [-0.05, 0) is 49.7 Å². The Balaban J connectivity index is 2.01. The van der Waals surface area contributed by atoms with Crippen LogP contribution in [-0.4, -0.2) is 23.0 Å². The minimum Gasteiger partial charge on any atom is -0.478 e. The lowest BCUT2D eigenvalue weighted by Gasteiger charge is -2.18. The molecule has 2 aromatic carbocycles. The fourth-order valence-corrected chi connectivity index (χ4v) is 2.43. The van der Waals surface area contributed by atoms with Crippen molar-refractivity contribution in [2.45, 2.75) is 26.9 Å². The topological polar surface area (TPSA) is 40.5 Å². The van der Waals surface area contributed by atoms with Crippen molar-refractivity contribution in [1.82, 2.24) is 4.90 Å². The van der Waals surface area contributed by atoms with E-state index in [1.54, 1.807) is 12.1 Å². The molecular formula is C18H21NO2. The molecule has 0 bridgehead atoms. The first-order valence-electron chi connectivity index (χ1n) is 7.02. The third-order valence-electron chi connectivity index (χ3n) is 3.59. The molecule has 0 unspecified atom stereocenters. The van der Waals surface area contributed by atoms with Gasteiger partial charge >= 0.3 is 5.97 Å². The van der Waals surface area contributed by atoms with Crippen molar-refractivity contribution in [3.8, 4) is 0 Å². The minimum atomic E-state index is -0.884. The van der Waals surface area contributed by atoms with E-state index in [0.717, 1.165) is 18.7 Å². The number of aromatic carboxylic acids is 1. The van der Waals surface area contributed by atoms with Crippen molar-refractivity contribution in [1.29, 1.82) is 0 Å². The zero-order valence-electron chi connectivity index (χ0n) is 12.8. The Morgan fingerprint density at radius 2 is 1.71 bits per heavy atom. The number of hydrogen-bond donors (Lipinski definition) is 1. The summed E-state index contributed by atoms with van der Waals surface area (Å²) in [4.78, 5) is 13.1. The normalized spacial score (nSPS) is 10.9. The Labute approximate surface area is 125 Å². The van der Waals surface area contributed by atoms with Crippen LogP contribution in [0.25, 0.3) is 0 Å². The van der Waals surface area contributed by atoms with E-state index in [0.29, 0.717) is 5.56 Å². The predicted molar refractivity (Wildman–Crippen MR) is 84.5 cm³/mol. The first-order valence-corrected chi connectivity index (χ1v) is 7.02. The van der Waals surface area contributed by atoms with Crippen LogP contribution in [0.15, 0.2) is 42.5 Å². The molecule has 3 heteroatoms. The fraction of sp³-hybridized carbons (Fsp3) is 0.278. The second-order valence-corrected chi connectivity index (χ2v) is 5.60. The number of hydrogen-bond acceptors (Lipinski definition) is 2. The molecule has 110 valence electrons. The maximum atomic E-state index is 10.8. The molecule has 0 aliphatic rings. The van der Waals surface area contributed by atoms with Crippen LogP contribution in [-0.2, 0) is 13.1 Å². The molecule has 0 atom stereocenters. The van der Waals surface area contributed by atoms with E-state index >= 15 is 0 Å². The van der Waals surface area contributed by atoms with Gasteiger partial charge in [0, 0.05) is 13.1 Å². The molecule has 0 spiro atoms. The molecular weight excluding hydrogens is 262 g/mol. The molecule has 0 amide bonds. The van der Waals surface area contributed by atoms with Gasteiger partial charge in [-0.3, -0.25) is 4.90 Å². The summed E-state index contributed by atoms with van der Waals surface area (Å²) in [5.74, 6) is -0.884. The highest BCUT2D eigenvalue weighted by Gasteiger charge is 2.06. The molecule has 2 aromatic rings. The first kappa shape index (κ1) is 15.3. The quantitative estimate of drug-likeness (QED) is 0.911. The summed E-state index contributed by atoms with van der Waals surface area (Å²) in [7, 11) is 2.07. The number of benzene rings is 2. The van der Waals surface area contributed by atoms with E-state index in [-0.39, 0.29) is 0 Å². The fourth-order valence-electron chi connectivity index (χ4n) is 2.43. The zero-order valence-corrected chi connectivity index (χ0v) is 12.8. The molecule has 0 aliphatic heterocycles. The standard InChI is InChI=1S/C18H21NO2/c1-13-4-7-17(14(2)10-13)12-19(3)11-15-5-8-16(9-6-15)18(20)21/h4-10H,11-12H2,1-3H3,(H,20,21). The number of carbonyl (C=O) groups is 1. The predicted octanol–water partition coefficient (Wildman–Crippen LogP) is 3.63. The van der Waals surface area contributed by atoms with Crippen LogP contribution >= 0.6 is 0 Å². The molecule has 0 saturated heterocycles. The van der Waals surface area contributed by atoms with E-state index < -0.39 is 5.97 Å². The maximum Gasteiger partial charge on any atom is 0.335 e. The SMILES string of the molecule is Cc1ccc(CN(C)Cc2ccc(C(=O)O)cc2)c(C)c1. The van der Waals surface area contributed by atoms with Crippen LogP contribution in [0.2, 0.25) is 0 Å². The highest BCUT2D eigenvalue weighted by molar-refractivity contribution is 5.87. The first-order chi connectivity index (χ1) is 9.95. The molecule has 0 aromatic heterocycles. The van der Waals surface area contributed by atoms with E-state index in [4.69, 9.17) is 5.11 Å². The molecule has 1 N–H and O–H groups in total. The lowest BCUT2D eigenvalue weighted by Crippen LogP contribution is -2.18. The van der Waals surface area contributed by atoms with Gasteiger partial charge in [-0.2, -0.15) is 0 Å². The van der Waals surface area contributed by atoms with Gasteiger partial charge in [0.05, 0.1) is 5.56 Å². The third-order valence-corrected chi connectivity index (χ3v) is 3.59. The Hall–Kier alpha value is -2.13. The summed E-state index contributed by atoms with van der Waals surface area (Å²) in [6, 6.07) is 13.6. The van der Waals surface area contributed by atoms with E-state index in [2.05, 4.69) is 44.0 Å². The number of carboxylic acids is 1. The van der Waals surface area contributed by atoms with E-state index in [1.165, 1.54) is 16.7 Å². The lowest BCUT2D eigenvalue weighted by atomic mass is 10.1. The summed E-state index contributed by atoms with van der Waals surface area (Å²) in [6.45, 7) is 5.92. The zero-order chi connectivity index (χ0) is 15.4. The van der Waals surface area contributed by atoms with Gasteiger partial charge in [0.15, 0.2) is 0 Å². The van der Waals surface area contributed by atoms with Crippen LogP contribution in [0.1, 0.15) is 32.6 Å². The highest BCUT2D eigenvalue weighted by Crippen LogP contribution is 2.14. The number of rotatable bonds is 5. The van der Waals surface area contributed by atoms with Crippen molar-refractivity contribution in [2.24, 2.45) is 0 Å². The summed E-state index contributed by atoms with van der Waals surface area (Å²) in [5.41, 5.74) is 5.36. The van der Waals surface area contributed by atoms with Crippen molar-refractivity contribution in [3.05, 3.63) is 70.3 Å². The summed E-state index contributed by atoms with van der Waals surface area (Å²) >= 11 is 0. The van der Waals surface area contributed by atoms with Crippen LogP contribution < -0.4 is 0 Å². The van der Waals surface area contributed by atoms with Gasteiger partial charge in [0.2, 0.25) is 0 Å². The highest BCUT2D eigenvalue weighted by atomic mass is 16.4. The van der Waals surface area contributed by atoms with E-state index in [9.17, 15) is 4.79 Å². The van der Waals surface area contributed by atoms with Gasteiger partial charge in [0.1, 0.15) is 0 Å². The van der Waals surface area contributed by atoms with Crippen LogP contribution in [0.4, 0.5) is 0 Å². The second kappa shape index (κ2) is 6.55. The van der Waals surface area contributed by atoms with Crippen LogP contribution in [0.3, 0.4) is 0 Å². The van der Waals surface area contributed by atoms with Crippen LogP contribution in [0, 0.1) is 13.8 Å². The maximum absolute atomic E-state index is 10.8. The van der Waals surface area contributed by atoms with Crippen molar-refractivity contribution >= 4 is 5.97 Å². The molecule has 3 nitrogen and oxygen atoms in total. The van der Waals surface area contributed by atoms with E-state index in [1.807, 2.05) is 12.1 Å². The second-order valence-electron chi connectivity index (χ2n) is 5.60. The Bertz CT molecular complexity index is 632. The molecule has 0 saturated carbocycles. The largest absolute Gasteiger partial charge is 0.478 e. The number of carboxylic acid groups (broad SMARTS) is 1. The van der Waals surface area contributed by atoms with Gasteiger partial charge in [-0.25, -0.2) is 4.79 Å². The molecule has 0 heterocycles. The summed E-state index contributed by atoms with van der Waals surface area (Å²) in [6.07, 6.45) is 0. The van der Waals surface area contributed by atoms with Gasteiger partial charge in [-0.15, -0.1) is 0 Å². The molecule has 2 rings (SSSR count). The van der Waals surface area contributed by atoms with Gasteiger partial charge < -0.3 is 5.11 Å². The van der Waals surface area contributed by atoms with Gasteiger partial charge in [-0.1, -0.05) is 35.9 Å². The average Bonchev–Trinajstić information content (AvgIpc) is 2.42. The van der Waals surface area contributed by atoms with Gasteiger partial charge in [0.25, 0.3) is 0 Å². The summed E-state index contributed by atoms with van der Waals surface area (Å²) < 4.78 is 0. The summed E-state index contributed by atoms with van der Waals surface area (Å²) in [5, 5.41) is 8.89. The Kier molecular flexibility index (Phi) is 4.76. The van der Waals surface area contributed by atoms with Crippen LogP contribution in [0.5, 0.6) is 0 Å². The molecule has 21 heavy (non-hydrogen) atoms. The minimum absolute atomic E-state index is 0.329. The molecule has 0 radical (unpaired) electrons. The number of aryl methyl sites for hydroxylation is 2. The molecule has 0 fully saturated rings. The monoisotopic (exact) mass is 283 g/mol. The number of nitrogens with zero attached hydrogens (tertiary/aromatic N) is 1.